The van der Waals surface area contributed by atoms with Crippen molar-refractivity contribution in [3.63, 3.8) is 0 Å². The molecule has 138 valence electrons. The first-order valence-corrected chi connectivity index (χ1v) is 8.52. The second kappa shape index (κ2) is 7.29. The number of halogens is 4. The Balaban J connectivity index is 1.92. The van der Waals surface area contributed by atoms with Gasteiger partial charge in [0.1, 0.15) is 0 Å². The van der Waals surface area contributed by atoms with Crippen molar-refractivity contribution < 1.29 is 22.7 Å². The molecule has 0 aromatic heterocycles. The van der Waals surface area contributed by atoms with Crippen molar-refractivity contribution in [1.82, 2.24) is 0 Å². The van der Waals surface area contributed by atoms with Gasteiger partial charge in [0.05, 0.1) is 16.0 Å². The highest BCUT2D eigenvalue weighted by Gasteiger charge is 2.42. The first kappa shape index (κ1) is 18.7. The van der Waals surface area contributed by atoms with Crippen molar-refractivity contribution in [2.24, 2.45) is 0 Å². The molecule has 2 aromatic carbocycles. The van der Waals surface area contributed by atoms with Crippen LogP contribution in [0, 0.1) is 0 Å². The largest absolute Gasteiger partial charge is 0.417 e. The number of rotatable bonds is 3. The van der Waals surface area contributed by atoms with Crippen molar-refractivity contribution >= 4 is 23.2 Å². The molecule has 1 heterocycles. The third kappa shape index (κ3) is 3.71. The zero-order valence-electron chi connectivity index (χ0n) is 13.8. The van der Waals surface area contributed by atoms with Crippen LogP contribution in [0.15, 0.2) is 48.5 Å². The van der Waals surface area contributed by atoms with Gasteiger partial charge in [0.25, 0.3) is 0 Å². The van der Waals surface area contributed by atoms with Crippen LogP contribution >= 0.6 is 11.6 Å². The van der Waals surface area contributed by atoms with Gasteiger partial charge in [-0.2, -0.15) is 13.2 Å². The number of ether oxygens (including phenoxy) is 1. The molecule has 0 atom stereocenters. The highest BCUT2D eigenvalue weighted by molar-refractivity contribution is 6.31. The first-order valence-electron chi connectivity index (χ1n) is 8.14. The molecule has 0 aliphatic carbocycles. The zero-order chi connectivity index (χ0) is 18.8. The van der Waals surface area contributed by atoms with Gasteiger partial charge < -0.3 is 10.1 Å². The molecule has 0 spiro atoms. The summed E-state index contributed by atoms with van der Waals surface area (Å²) in [6.07, 6.45) is -3.67. The minimum Gasteiger partial charge on any atom is -0.381 e. The summed E-state index contributed by atoms with van der Waals surface area (Å²) in [5.41, 5.74) is -0.922. The van der Waals surface area contributed by atoms with Crippen LogP contribution < -0.4 is 5.32 Å². The minimum atomic E-state index is -4.59. The highest BCUT2D eigenvalue weighted by Crippen LogP contribution is 2.38. The molecule has 0 bridgehead atoms. The molecule has 3 rings (SSSR count). The van der Waals surface area contributed by atoms with Crippen LogP contribution in [0.3, 0.4) is 0 Å². The van der Waals surface area contributed by atoms with Crippen LogP contribution in [-0.2, 0) is 21.1 Å². The second-order valence-electron chi connectivity index (χ2n) is 6.21. The molecular weight excluding hydrogens is 367 g/mol. The molecule has 26 heavy (non-hydrogen) atoms. The standard InChI is InChI=1S/C19H17ClF3NO2/c20-16-7-6-14(12-15(16)19(21,22)23)24-17(25)18(8-10-26-11-9-18)13-4-2-1-3-5-13/h1-7,12H,8-11H2,(H,24,25). The number of amides is 1. The Labute approximate surface area is 154 Å². The molecular formula is C19H17ClF3NO2. The quantitative estimate of drug-likeness (QED) is 0.805. The van der Waals surface area contributed by atoms with Gasteiger partial charge in [-0.25, -0.2) is 0 Å². The van der Waals surface area contributed by atoms with Crippen LogP contribution in [0.2, 0.25) is 5.02 Å². The van der Waals surface area contributed by atoms with E-state index in [0.717, 1.165) is 17.7 Å². The molecule has 1 N–H and O–H groups in total. The summed E-state index contributed by atoms with van der Waals surface area (Å²) in [5.74, 6) is -0.345. The number of benzene rings is 2. The Kier molecular flexibility index (Phi) is 5.25. The lowest BCUT2D eigenvalue weighted by atomic mass is 9.73. The van der Waals surface area contributed by atoms with Crippen LogP contribution in [0.4, 0.5) is 18.9 Å². The van der Waals surface area contributed by atoms with Gasteiger partial charge in [-0.3, -0.25) is 4.79 Å². The van der Waals surface area contributed by atoms with Crippen LogP contribution in [0.1, 0.15) is 24.0 Å². The van der Waals surface area contributed by atoms with E-state index in [1.165, 1.54) is 6.07 Å². The van der Waals surface area contributed by atoms with Crippen molar-refractivity contribution in [3.8, 4) is 0 Å². The number of hydrogen-bond acceptors (Lipinski definition) is 2. The number of carbonyl (C=O) groups excluding carboxylic acids is 1. The maximum Gasteiger partial charge on any atom is 0.417 e. The summed E-state index contributed by atoms with van der Waals surface area (Å²) in [4.78, 5) is 13.1. The van der Waals surface area contributed by atoms with Crippen LogP contribution in [0.5, 0.6) is 0 Å². The molecule has 0 radical (unpaired) electrons. The third-order valence-electron chi connectivity index (χ3n) is 4.64. The predicted octanol–water partition coefficient (Wildman–Crippen LogP) is 5.05. The van der Waals surface area contributed by atoms with E-state index in [-0.39, 0.29) is 11.6 Å². The van der Waals surface area contributed by atoms with E-state index in [2.05, 4.69) is 5.32 Å². The molecule has 2 aromatic rings. The Bertz CT molecular complexity index is 787. The predicted molar refractivity (Wildman–Crippen MR) is 93.3 cm³/mol. The van der Waals surface area contributed by atoms with Crippen molar-refractivity contribution in [2.75, 3.05) is 18.5 Å². The molecule has 1 amide bonds. The molecule has 1 saturated heterocycles. The zero-order valence-corrected chi connectivity index (χ0v) is 14.5. The SMILES string of the molecule is O=C(Nc1ccc(Cl)c(C(F)(F)F)c1)C1(c2ccccc2)CCOCC1. The first-order chi connectivity index (χ1) is 12.3. The van der Waals surface area contributed by atoms with Crippen molar-refractivity contribution in [2.45, 2.75) is 24.4 Å². The summed E-state index contributed by atoms with van der Waals surface area (Å²) in [7, 11) is 0. The van der Waals surface area contributed by atoms with E-state index >= 15 is 0 Å². The summed E-state index contributed by atoms with van der Waals surface area (Å²) in [6.45, 7) is 0.827. The molecule has 7 heteroatoms. The van der Waals surface area contributed by atoms with Gasteiger partial charge in [-0.1, -0.05) is 41.9 Å². The summed E-state index contributed by atoms with van der Waals surface area (Å²) in [5, 5.41) is 2.23. The maximum atomic E-state index is 13.1. The average molecular weight is 384 g/mol. The normalized spacial score (nSPS) is 16.9. The lowest BCUT2D eigenvalue weighted by Crippen LogP contribution is -2.44. The highest BCUT2D eigenvalue weighted by atomic mass is 35.5. The second-order valence-corrected chi connectivity index (χ2v) is 6.61. The van der Waals surface area contributed by atoms with E-state index in [1.807, 2.05) is 30.3 Å². The van der Waals surface area contributed by atoms with Gasteiger partial charge in [-0.05, 0) is 36.6 Å². The maximum absolute atomic E-state index is 13.1. The monoisotopic (exact) mass is 383 g/mol. The van der Waals surface area contributed by atoms with Gasteiger partial charge in [0, 0.05) is 18.9 Å². The van der Waals surface area contributed by atoms with Crippen molar-refractivity contribution in [1.29, 1.82) is 0 Å². The average Bonchev–Trinajstić information content (AvgIpc) is 2.63. The number of carbonyl (C=O) groups is 1. The molecule has 3 nitrogen and oxygen atoms in total. The van der Waals surface area contributed by atoms with E-state index in [0.29, 0.717) is 26.1 Å². The van der Waals surface area contributed by atoms with Gasteiger partial charge in [0.15, 0.2) is 0 Å². The number of alkyl halides is 3. The van der Waals surface area contributed by atoms with E-state index < -0.39 is 22.2 Å². The smallest absolute Gasteiger partial charge is 0.381 e. The van der Waals surface area contributed by atoms with Gasteiger partial charge in [-0.15, -0.1) is 0 Å². The molecule has 1 aliphatic heterocycles. The van der Waals surface area contributed by atoms with Crippen LogP contribution in [-0.4, -0.2) is 19.1 Å². The number of nitrogens with one attached hydrogen (secondary N) is 1. The topological polar surface area (TPSA) is 38.3 Å². The molecule has 1 aliphatic rings. The summed E-state index contributed by atoms with van der Waals surface area (Å²) >= 11 is 5.64. The van der Waals surface area contributed by atoms with Gasteiger partial charge >= 0.3 is 6.18 Å². The number of hydrogen-bond donors (Lipinski definition) is 1. The fourth-order valence-electron chi connectivity index (χ4n) is 3.19. The third-order valence-corrected chi connectivity index (χ3v) is 4.97. The van der Waals surface area contributed by atoms with E-state index in [4.69, 9.17) is 16.3 Å². The van der Waals surface area contributed by atoms with Crippen molar-refractivity contribution in [3.05, 3.63) is 64.7 Å². The van der Waals surface area contributed by atoms with Crippen LogP contribution in [0.25, 0.3) is 0 Å². The Morgan fingerprint density at radius 1 is 1.08 bits per heavy atom. The van der Waals surface area contributed by atoms with E-state index in [9.17, 15) is 18.0 Å². The van der Waals surface area contributed by atoms with Gasteiger partial charge in [0.2, 0.25) is 5.91 Å². The lowest BCUT2D eigenvalue weighted by molar-refractivity contribution is -0.137. The Morgan fingerprint density at radius 2 is 1.73 bits per heavy atom. The lowest BCUT2D eigenvalue weighted by Gasteiger charge is -2.36. The Morgan fingerprint density at radius 3 is 2.35 bits per heavy atom. The number of anilines is 1. The van der Waals surface area contributed by atoms with E-state index in [1.54, 1.807) is 0 Å². The fraction of sp³-hybridized carbons (Fsp3) is 0.316. The molecule has 0 unspecified atom stereocenters. The Hall–Kier alpha value is -2.05. The summed E-state index contributed by atoms with van der Waals surface area (Å²) < 4.78 is 44.5. The molecule has 1 fully saturated rings. The fourth-order valence-corrected chi connectivity index (χ4v) is 3.42. The minimum absolute atomic E-state index is 0.0634. The summed E-state index contributed by atoms with van der Waals surface area (Å²) in [6, 6.07) is 12.6. The molecule has 0 saturated carbocycles.